The number of carboxylic acid groups (broad SMARTS) is 2. The van der Waals surface area contributed by atoms with Gasteiger partial charge < -0.3 is 14.6 Å². The van der Waals surface area contributed by atoms with Gasteiger partial charge in [0.2, 0.25) is 5.36 Å². The van der Waals surface area contributed by atoms with Crippen molar-refractivity contribution in [3.63, 3.8) is 0 Å². The second-order valence-electron chi connectivity index (χ2n) is 6.59. The molecule has 2 aromatic carbocycles. The van der Waals surface area contributed by atoms with Crippen LogP contribution in [0.25, 0.3) is 33.4 Å². The molecule has 29 heavy (non-hydrogen) atoms. The molecular formula is C23H18NO5+. The van der Waals surface area contributed by atoms with Crippen LogP contribution in [0.2, 0.25) is 0 Å². The second-order valence-corrected chi connectivity index (χ2v) is 6.59. The van der Waals surface area contributed by atoms with E-state index >= 15 is 0 Å². The van der Waals surface area contributed by atoms with Crippen LogP contribution in [0.5, 0.6) is 0 Å². The summed E-state index contributed by atoms with van der Waals surface area (Å²) in [5.74, 6) is -1.56. The number of aromatic carboxylic acids is 2. The van der Waals surface area contributed by atoms with E-state index in [1.807, 2.05) is 25.1 Å². The molecule has 1 aliphatic carbocycles. The molecule has 144 valence electrons. The van der Waals surface area contributed by atoms with Crippen molar-refractivity contribution in [1.82, 2.24) is 0 Å². The largest absolute Gasteiger partial charge is 0.478 e. The van der Waals surface area contributed by atoms with E-state index in [9.17, 15) is 19.8 Å². The van der Waals surface area contributed by atoms with E-state index in [0.29, 0.717) is 27.9 Å². The Morgan fingerprint density at radius 3 is 2.45 bits per heavy atom. The van der Waals surface area contributed by atoms with Crippen LogP contribution in [-0.2, 0) is 0 Å². The first-order valence-electron chi connectivity index (χ1n) is 9.13. The van der Waals surface area contributed by atoms with Crippen molar-refractivity contribution in [1.29, 1.82) is 0 Å². The zero-order valence-corrected chi connectivity index (χ0v) is 15.6. The maximum Gasteiger partial charge on any atom is 0.336 e. The lowest BCUT2D eigenvalue weighted by atomic mass is 9.90. The third kappa shape index (κ3) is 3.25. The zero-order chi connectivity index (χ0) is 20.5. The van der Waals surface area contributed by atoms with Gasteiger partial charge >= 0.3 is 11.9 Å². The van der Waals surface area contributed by atoms with E-state index in [-0.39, 0.29) is 11.1 Å². The molecule has 0 saturated heterocycles. The zero-order valence-electron chi connectivity index (χ0n) is 15.6. The molecule has 0 amide bonds. The Morgan fingerprint density at radius 2 is 1.72 bits per heavy atom. The molecule has 6 nitrogen and oxygen atoms in total. The Bertz CT molecular complexity index is 1300. The molecular weight excluding hydrogens is 370 g/mol. The van der Waals surface area contributed by atoms with Gasteiger partial charge in [-0.05, 0) is 42.8 Å². The molecule has 0 atom stereocenters. The first kappa shape index (κ1) is 18.4. The molecule has 0 fully saturated rings. The van der Waals surface area contributed by atoms with Gasteiger partial charge in [0.1, 0.15) is 17.9 Å². The highest BCUT2D eigenvalue weighted by Gasteiger charge is 2.22. The highest BCUT2D eigenvalue weighted by Crippen LogP contribution is 2.41. The lowest BCUT2D eigenvalue weighted by molar-refractivity contribution is -0.496. The fourth-order valence-corrected chi connectivity index (χ4v) is 3.52. The van der Waals surface area contributed by atoms with Gasteiger partial charge in [-0.2, -0.15) is 0 Å². The van der Waals surface area contributed by atoms with Crippen LogP contribution in [0, 0.1) is 0 Å². The van der Waals surface area contributed by atoms with Crippen molar-refractivity contribution in [3.05, 3.63) is 77.1 Å². The van der Waals surface area contributed by atoms with Crippen LogP contribution in [0.4, 0.5) is 0 Å². The summed E-state index contributed by atoms with van der Waals surface area (Å²) in [6.45, 7) is 2.71. The van der Waals surface area contributed by atoms with Crippen LogP contribution >= 0.6 is 0 Å². The molecule has 0 unspecified atom stereocenters. The Kier molecular flexibility index (Phi) is 4.60. The highest BCUT2D eigenvalue weighted by molar-refractivity contribution is 6.08. The summed E-state index contributed by atoms with van der Waals surface area (Å²) in [6, 6.07) is 17.0. The topological polar surface area (TPSA) is 102 Å². The van der Waals surface area contributed by atoms with Crippen LogP contribution in [-0.4, -0.2) is 28.7 Å². The molecule has 0 aromatic heterocycles. The Hall–Kier alpha value is -3.93. The van der Waals surface area contributed by atoms with Crippen LogP contribution in [0.1, 0.15) is 27.6 Å². The third-order valence-electron chi connectivity index (χ3n) is 4.78. The van der Waals surface area contributed by atoms with Gasteiger partial charge in [0.25, 0.3) is 0 Å². The molecule has 6 heteroatoms. The van der Waals surface area contributed by atoms with Gasteiger partial charge in [-0.25, -0.2) is 14.6 Å². The molecule has 2 aliphatic rings. The van der Waals surface area contributed by atoms with Crippen LogP contribution in [0.3, 0.4) is 0 Å². The van der Waals surface area contributed by atoms with Crippen molar-refractivity contribution in [3.8, 4) is 22.5 Å². The first-order valence-corrected chi connectivity index (χ1v) is 9.13. The van der Waals surface area contributed by atoms with E-state index in [0.717, 1.165) is 17.5 Å². The minimum Gasteiger partial charge on any atom is -0.478 e. The van der Waals surface area contributed by atoms with Crippen molar-refractivity contribution in [2.45, 2.75) is 6.92 Å². The monoisotopic (exact) mass is 388 g/mol. The number of hydrogen-bond donors (Lipinski definition) is 3. The summed E-state index contributed by atoms with van der Waals surface area (Å²) >= 11 is 0. The maximum absolute atomic E-state index is 11.8. The average molecular weight is 388 g/mol. The molecule has 3 N–H and O–H groups in total. The summed E-state index contributed by atoms with van der Waals surface area (Å²) in [5.41, 5.74) is 2.63. The fourth-order valence-electron chi connectivity index (χ4n) is 3.52. The van der Waals surface area contributed by atoms with Gasteiger partial charge in [-0.1, -0.05) is 18.2 Å². The molecule has 0 spiro atoms. The van der Waals surface area contributed by atoms with Gasteiger partial charge in [0.15, 0.2) is 0 Å². The molecule has 0 saturated carbocycles. The summed E-state index contributed by atoms with van der Waals surface area (Å²) in [4.78, 5) is 26.5. The second kappa shape index (κ2) is 7.24. The highest BCUT2D eigenvalue weighted by atomic mass is 16.4. The van der Waals surface area contributed by atoms with Gasteiger partial charge in [0.05, 0.1) is 17.2 Å². The normalized spacial score (nSPS) is 11.8. The van der Waals surface area contributed by atoms with Gasteiger partial charge in [0, 0.05) is 22.6 Å². The lowest BCUT2D eigenvalue weighted by Gasteiger charge is -2.16. The van der Waals surface area contributed by atoms with Gasteiger partial charge in [-0.3, -0.25) is 0 Å². The van der Waals surface area contributed by atoms with Crippen molar-refractivity contribution in [2.24, 2.45) is 0 Å². The number of rotatable bonds is 4. The first-order chi connectivity index (χ1) is 14.0. The van der Waals surface area contributed by atoms with Crippen LogP contribution < -0.4 is 10.3 Å². The average Bonchev–Trinajstić information content (AvgIpc) is 2.71. The lowest BCUT2D eigenvalue weighted by Crippen LogP contribution is -2.75. The number of hydrogen-bond acceptors (Lipinski definition) is 3. The van der Waals surface area contributed by atoms with Crippen molar-refractivity contribution < 1.29 is 29.2 Å². The van der Waals surface area contributed by atoms with E-state index < -0.39 is 11.9 Å². The predicted octanol–water partition coefficient (Wildman–Crippen LogP) is 2.60. The number of carboxylic acids is 2. The number of fused-ring (bicyclic) bond motifs is 2. The van der Waals surface area contributed by atoms with E-state index in [4.69, 9.17) is 4.42 Å². The van der Waals surface area contributed by atoms with E-state index in [1.165, 1.54) is 12.1 Å². The molecule has 1 aliphatic heterocycles. The predicted molar refractivity (Wildman–Crippen MR) is 107 cm³/mol. The summed E-state index contributed by atoms with van der Waals surface area (Å²) < 4.78 is 6.04. The minimum atomic E-state index is -1.06. The molecule has 0 radical (unpaired) electrons. The number of nitrogens with one attached hydrogen (secondary N) is 1. The summed E-state index contributed by atoms with van der Waals surface area (Å²) in [7, 11) is 0. The SMILES string of the molecule is CC[NH+]=c1ccc2c(-c3ccccc3C(=O)O)c3ccc(C(=O)O)cc3oc-2c1. The Morgan fingerprint density at radius 1 is 0.931 bits per heavy atom. The smallest absolute Gasteiger partial charge is 0.336 e. The number of carbonyl (C=O) groups is 2. The molecule has 4 rings (SSSR count). The summed E-state index contributed by atoms with van der Waals surface area (Å²) in [6.07, 6.45) is 0. The standard InChI is InChI=1S/C23H17NO5/c1-2-24-14-8-10-18-20(12-14)29-19-11-13(22(25)26)7-9-17(19)21(18)15-5-3-4-6-16(15)23(27)28/h3-12H,2H2,1H3,(H,25,26)(H,27,28)/p+1. The molecule has 2 aromatic rings. The van der Waals surface area contributed by atoms with Gasteiger partial charge in [-0.15, -0.1) is 0 Å². The minimum absolute atomic E-state index is 0.0981. The third-order valence-corrected chi connectivity index (χ3v) is 4.78. The van der Waals surface area contributed by atoms with Crippen LogP contribution in [0.15, 0.2) is 65.1 Å². The Labute approximate surface area is 165 Å². The van der Waals surface area contributed by atoms with Crippen molar-refractivity contribution in [2.75, 3.05) is 6.54 Å². The maximum atomic E-state index is 11.8. The quantitative estimate of drug-likeness (QED) is 0.467. The summed E-state index contributed by atoms with van der Waals surface area (Å²) in [5, 5.41) is 20.5. The van der Waals surface area contributed by atoms with E-state index in [1.54, 1.807) is 30.3 Å². The molecule has 1 heterocycles. The van der Waals surface area contributed by atoms with E-state index in [2.05, 4.69) is 4.99 Å². The Balaban J connectivity index is 2.17. The molecule has 0 bridgehead atoms. The number of benzene rings is 3. The van der Waals surface area contributed by atoms with Crippen molar-refractivity contribution >= 4 is 22.9 Å². The fraction of sp³-hybridized carbons (Fsp3) is 0.0870.